The lowest BCUT2D eigenvalue weighted by atomic mass is 9.75. The van der Waals surface area contributed by atoms with Crippen molar-refractivity contribution in [3.05, 3.63) is 39.8 Å². The van der Waals surface area contributed by atoms with E-state index in [0.717, 1.165) is 18.4 Å². The van der Waals surface area contributed by atoms with Crippen molar-refractivity contribution in [3.63, 3.8) is 0 Å². The molecule has 3 heteroatoms. The molecule has 0 aliphatic heterocycles. The van der Waals surface area contributed by atoms with Crippen LogP contribution in [0.3, 0.4) is 0 Å². The Labute approximate surface area is 112 Å². The van der Waals surface area contributed by atoms with Gasteiger partial charge in [-0.3, -0.25) is 0 Å². The van der Waals surface area contributed by atoms with Gasteiger partial charge in [0, 0.05) is 22.3 Å². The Morgan fingerprint density at radius 1 is 1.44 bits per heavy atom. The van der Waals surface area contributed by atoms with Crippen LogP contribution in [0.5, 0.6) is 0 Å². The van der Waals surface area contributed by atoms with Gasteiger partial charge in [0.1, 0.15) is 0 Å². The number of nitrogens with zero attached hydrogens (tertiary/aromatic N) is 1. The minimum atomic E-state index is -0.317. The number of hydrogen-bond acceptors (Lipinski definition) is 2. The lowest BCUT2D eigenvalue weighted by molar-refractivity contribution is 0.0987. The molecule has 0 radical (unpaired) electrons. The zero-order chi connectivity index (χ0) is 12.9. The first-order valence-corrected chi connectivity index (χ1v) is 7.34. The maximum absolute atomic E-state index is 10.3. The van der Waals surface area contributed by atoms with Crippen LogP contribution in [0, 0.1) is 12.3 Å². The Hall–Kier alpha value is -1.06. The molecule has 2 aromatic rings. The third-order valence-corrected chi connectivity index (χ3v) is 4.51. The molecule has 2 heterocycles. The molecule has 1 unspecified atom stereocenters. The van der Waals surface area contributed by atoms with E-state index >= 15 is 0 Å². The van der Waals surface area contributed by atoms with E-state index in [1.807, 2.05) is 0 Å². The normalized spacial score (nSPS) is 21.9. The van der Waals surface area contributed by atoms with Gasteiger partial charge >= 0.3 is 0 Å². The lowest BCUT2D eigenvalue weighted by Gasteiger charge is -2.33. The summed E-state index contributed by atoms with van der Waals surface area (Å²) in [7, 11) is 0. The number of aryl methyl sites for hydroxylation is 1. The van der Waals surface area contributed by atoms with Gasteiger partial charge in [0.05, 0.1) is 11.8 Å². The van der Waals surface area contributed by atoms with Gasteiger partial charge in [0.25, 0.3) is 0 Å². The van der Waals surface area contributed by atoms with E-state index in [0.29, 0.717) is 0 Å². The maximum atomic E-state index is 10.3. The number of fused-ring (bicyclic) bond motifs is 1. The summed E-state index contributed by atoms with van der Waals surface area (Å²) in [4.78, 5) is 0. The highest BCUT2D eigenvalue weighted by molar-refractivity contribution is 7.08. The van der Waals surface area contributed by atoms with Crippen molar-refractivity contribution in [2.24, 2.45) is 5.41 Å². The van der Waals surface area contributed by atoms with E-state index in [1.165, 1.54) is 17.1 Å². The van der Waals surface area contributed by atoms with E-state index < -0.39 is 0 Å². The fourth-order valence-corrected chi connectivity index (χ4v) is 3.71. The Morgan fingerprint density at radius 3 is 2.89 bits per heavy atom. The van der Waals surface area contributed by atoms with Gasteiger partial charge in [-0.15, -0.1) is 0 Å². The summed E-state index contributed by atoms with van der Waals surface area (Å²) >= 11 is 1.71. The molecule has 0 aromatic carbocycles. The van der Waals surface area contributed by atoms with Crippen LogP contribution in [-0.4, -0.2) is 9.67 Å². The lowest BCUT2D eigenvalue weighted by Crippen LogP contribution is -2.26. The zero-order valence-corrected chi connectivity index (χ0v) is 11.9. The van der Waals surface area contributed by atoms with Crippen LogP contribution in [0.2, 0.25) is 0 Å². The number of aliphatic hydroxyl groups is 1. The highest BCUT2D eigenvalue weighted by atomic mass is 32.1. The summed E-state index contributed by atoms with van der Waals surface area (Å²) in [6.07, 6.45) is 1.57. The number of thiophene rings is 1. The number of aliphatic hydroxyl groups excluding tert-OH is 1. The van der Waals surface area contributed by atoms with Crippen LogP contribution in [0.15, 0.2) is 22.9 Å². The van der Waals surface area contributed by atoms with Gasteiger partial charge in [-0.2, -0.15) is 11.3 Å². The third kappa shape index (κ3) is 1.82. The minimum absolute atomic E-state index is 0.172. The highest BCUT2D eigenvalue weighted by Crippen LogP contribution is 2.42. The molecule has 0 saturated carbocycles. The molecule has 0 amide bonds. The second kappa shape index (κ2) is 3.97. The van der Waals surface area contributed by atoms with Crippen LogP contribution in [0.25, 0.3) is 5.69 Å². The summed E-state index contributed by atoms with van der Waals surface area (Å²) in [6, 6.07) is 4.29. The number of rotatable bonds is 1. The topological polar surface area (TPSA) is 25.2 Å². The zero-order valence-electron chi connectivity index (χ0n) is 11.1. The van der Waals surface area contributed by atoms with Crippen LogP contribution in [0.4, 0.5) is 0 Å². The van der Waals surface area contributed by atoms with E-state index in [1.54, 1.807) is 11.3 Å². The molecule has 1 atom stereocenters. The monoisotopic (exact) mass is 261 g/mol. The SMILES string of the molecule is Cc1cc2c(n1-c1ccsc1)CC(C)(C)CC2O. The summed E-state index contributed by atoms with van der Waals surface area (Å²) < 4.78 is 2.30. The second-order valence-electron chi connectivity index (χ2n) is 6.07. The van der Waals surface area contributed by atoms with Gasteiger partial charge in [0.15, 0.2) is 0 Å². The molecule has 3 rings (SSSR count). The standard InChI is InChI=1S/C15H19NOS/c1-10-6-12-13(7-15(2,3)8-14(12)17)16(10)11-4-5-18-9-11/h4-6,9,14,17H,7-8H2,1-3H3. The molecule has 0 fully saturated rings. The average molecular weight is 261 g/mol. The maximum Gasteiger partial charge on any atom is 0.0812 e. The average Bonchev–Trinajstić information content (AvgIpc) is 2.83. The Balaban J connectivity index is 2.18. The van der Waals surface area contributed by atoms with Gasteiger partial charge in [-0.1, -0.05) is 13.8 Å². The van der Waals surface area contributed by atoms with Crippen LogP contribution in [0.1, 0.15) is 43.3 Å². The van der Waals surface area contributed by atoms with Gasteiger partial charge < -0.3 is 9.67 Å². The molecular formula is C15H19NOS. The van der Waals surface area contributed by atoms with Crippen molar-refractivity contribution in [1.82, 2.24) is 4.57 Å². The summed E-state index contributed by atoms with van der Waals surface area (Å²) in [5.41, 5.74) is 5.02. The van der Waals surface area contributed by atoms with Crippen LogP contribution >= 0.6 is 11.3 Å². The van der Waals surface area contributed by atoms with Gasteiger partial charge in [-0.05, 0) is 42.7 Å². The molecule has 18 heavy (non-hydrogen) atoms. The molecule has 0 saturated heterocycles. The van der Waals surface area contributed by atoms with Crippen molar-refractivity contribution in [2.45, 2.75) is 39.7 Å². The Morgan fingerprint density at radius 2 is 2.22 bits per heavy atom. The summed E-state index contributed by atoms with van der Waals surface area (Å²) in [5.74, 6) is 0. The van der Waals surface area contributed by atoms with Crippen LogP contribution in [-0.2, 0) is 6.42 Å². The number of aromatic nitrogens is 1. The van der Waals surface area contributed by atoms with E-state index in [4.69, 9.17) is 0 Å². The van der Waals surface area contributed by atoms with Crippen molar-refractivity contribution in [1.29, 1.82) is 0 Å². The van der Waals surface area contributed by atoms with Crippen molar-refractivity contribution >= 4 is 11.3 Å². The second-order valence-corrected chi connectivity index (χ2v) is 6.85. The third-order valence-electron chi connectivity index (χ3n) is 3.84. The minimum Gasteiger partial charge on any atom is -0.388 e. The molecule has 2 aromatic heterocycles. The first-order valence-electron chi connectivity index (χ1n) is 6.40. The van der Waals surface area contributed by atoms with Crippen molar-refractivity contribution in [3.8, 4) is 5.69 Å². The van der Waals surface area contributed by atoms with Gasteiger partial charge in [0.2, 0.25) is 0 Å². The van der Waals surface area contributed by atoms with Crippen molar-refractivity contribution in [2.75, 3.05) is 0 Å². The first kappa shape index (κ1) is 12.0. The Kier molecular flexibility index (Phi) is 2.65. The smallest absolute Gasteiger partial charge is 0.0812 e. The molecule has 2 nitrogen and oxygen atoms in total. The summed E-state index contributed by atoms with van der Waals surface area (Å²) in [6.45, 7) is 6.59. The largest absolute Gasteiger partial charge is 0.388 e. The quantitative estimate of drug-likeness (QED) is 0.828. The molecule has 1 N–H and O–H groups in total. The predicted molar refractivity (Wildman–Crippen MR) is 75.4 cm³/mol. The fourth-order valence-electron chi connectivity index (χ4n) is 3.09. The van der Waals surface area contributed by atoms with Crippen molar-refractivity contribution < 1.29 is 5.11 Å². The molecule has 0 bridgehead atoms. The predicted octanol–water partition coefficient (Wildman–Crippen LogP) is 3.85. The van der Waals surface area contributed by atoms with Gasteiger partial charge in [-0.25, -0.2) is 0 Å². The molecular weight excluding hydrogens is 242 g/mol. The highest BCUT2D eigenvalue weighted by Gasteiger charge is 2.34. The number of hydrogen-bond donors (Lipinski definition) is 1. The molecule has 1 aliphatic rings. The van der Waals surface area contributed by atoms with E-state index in [2.05, 4.69) is 48.2 Å². The molecule has 0 spiro atoms. The van der Waals surface area contributed by atoms with Crippen LogP contribution < -0.4 is 0 Å². The van der Waals surface area contributed by atoms with E-state index in [9.17, 15) is 5.11 Å². The Bertz CT molecular complexity index is 566. The molecule has 96 valence electrons. The molecule has 1 aliphatic carbocycles. The first-order chi connectivity index (χ1) is 8.48. The fraction of sp³-hybridized carbons (Fsp3) is 0.467. The van der Waals surface area contributed by atoms with E-state index in [-0.39, 0.29) is 11.5 Å². The summed E-state index contributed by atoms with van der Waals surface area (Å²) in [5, 5.41) is 14.6.